The number of hydrogen-bond acceptors (Lipinski definition) is 4. The van der Waals surface area contributed by atoms with E-state index in [1.54, 1.807) is 24.3 Å². The molecule has 0 aromatic heterocycles. The summed E-state index contributed by atoms with van der Waals surface area (Å²) < 4.78 is 29.6. The fourth-order valence-corrected chi connectivity index (χ4v) is 5.19. The molecule has 174 valence electrons. The molecule has 3 aromatic carbocycles. The fraction of sp³-hybridized carbons (Fsp3) is 0.276. The molecule has 1 aliphatic rings. The Morgan fingerprint density at radius 2 is 1.43 bits per heavy atom. The molecule has 0 amide bonds. The van der Waals surface area contributed by atoms with Crippen molar-refractivity contribution >= 4 is 0 Å². The van der Waals surface area contributed by atoms with Crippen LogP contribution in [0.15, 0.2) is 66.7 Å². The zero-order chi connectivity index (χ0) is 25.2. The van der Waals surface area contributed by atoms with Gasteiger partial charge in [0.2, 0.25) is 0 Å². The second-order valence-corrected chi connectivity index (χ2v) is 9.51. The predicted molar refractivity (Wildman–Crippen MR) is 128 cm³/mol. The fourth-order valence-electron chi connectivity index (χ4n) is 5.19. The topological polar surface area (TPSA) is 74.6 Å². The number of nitrogens with zero attached hydrogens (tertiary/aromatic N) is 4. The molecule has 3 aromatic rings. The van der Waals surface area contributed by atoms with E-state index in [1.165, 1.54) is 19.9 Å². The van der Waals surface area contributed by atoms with E-state index in [9.17, 15) is 20.2 Å². The Labute approximate surface area is 204 Å². The van der Waals surface area contributed by atoms with Crippen molar-refractivity contribution < 1.29 is 8.78 Å². The van der Waals surface area contributed by atoms with Crippen LogP contribution in [-0.2, 0) is 0 Å². The Hall–Kier alpha value is -4.05. The van der Waals surface area contributed by atoms with Crippen molar-refractivity contribution in [2.75, 3.05) is 13.1 Å². The Kier molecular flexibility index (Phi) is 6.65. The summed E-state index contributed by atoms with van der Waals surface area (Å²) in [6.45, 7) is 4.09. The lowest BCUT2D eigenvalue weighted by Crippen LogP contribution is -2.53. The second-order valence-electron chi connectivity index (χ2n) is 9.51. The van der Waals surface area contributed by atoms with Gasteiger partial charge in [-0.3, -0.25) is 4.90 Å². The second kappa shape index (κ2) is 9.67. The monoisotopic (exact) mass is 466 g/mol. The van der Waals surface area contributed by atoms with Gasteiger partial charge in [-0.15, -0.1) is 0 Å². The third kappa shape index (κ3) is 5.07. The summed E-state index contributed by atoms with van der Waals surface area (Å²) in [4.78, 5) is 2.20. The molecule has 1 aliphatic heterocycles. The molecule has 0 unspecified atom stereocenters. The first kappa shape index (κ1) is 24.1. The van der Waals surface area contributed by atoms with Crippen molar-refractivity contribution in [1.29, 1.82) is 15.8 Å². The first-order valence-corrected chi connectivity index (χ1v) is 11.4. The van der Waals surface area contributed by atoms with Crippen molar-refractivity contribution in [2.24, 2.45) is 5.92 Å². The van der Waals surface area contributed by atoms with Crippen molar-refractivity contribution in [1.82, 2.24) is 4.90 Å². The summed E-state index contributed by atoms with van der Waals surface area (Å²) in [5.74, 6) is -1.23. The molecule has 1 fully saturated rings. The molecule has 1 heterocycles. The van der Waals surface area contributed by atoms with Gasteiger partial charge < -0.3 is 0 Å². The van der Waals surface area contributed by atoms with E-state index in [1.807, 2.05) is 36.4 Å². The van der Waals surface area contributed by atoms with Crippen molar-refractivity contribution in [3.8, 4) is 18.2 Å². The van der Waals surface area contributed by atoms with Gasteiger partial charge in [-0.1, -0.05) is 24.3 Å². The first-order chi connectivity index (χ1) is 16.7. The van der Waals surface area contributed by atoms with E-state index in [4.69, 9.17) is 0 Å². The molecule has 0 spiro atoms. The average molecular weight is 467 g/mol. The van der Waals surface area contributed by atoms with Crippen LogP contribution in [0.25, 0.3) is 0 Å². The largest absolute Gasteiger partial charge is 0.292 e. The van der Waals surface area contributed by atoms with Crippen LogP contribution in [0.2, 0.25) is 0 Å². The van der Waals surface area contributed by atoms with E-state index in [2.05, 4.69) is 17.0 Å². The molecular formula is C29H24F2N4. The normalized spacial score (nSPS) is 15.8. The standard InChI is InChI=1S/C29H24F2N4/c1-29(2,31)27(24-11-21(16-34)12-26(30)13-24)25-17-35(18-25)28(22-8-6-19(14-32)7-9-22)23-5-3-4-20(10-23)15-33/h3-13,25,27-28H,17-18H2,1-2H3/t27-,28+/m0/s1. The van der Waals surface area contributed by atoms with Gasteiger partial charge in [-0.2, -0.15) is 15.8 Å². The van der Waals surface area contributed by atoms with Gasteiger partial charge in [0, 0.05) is 19.0 Å². The minimum atomic E-state index is -1.62. The minimum absolute atomic E-state index is 0.0941. The summed E-state index contributed by atoms with van der Waals surface area (Å²) >= 11 is 0. The molecule has 1 saturated heterocycles. The zero-order valence-corrected chi connectivity index (χ0v) is 19.5. The van der Waals surface area contributed by atoms with Gasteiger partial charge in [0.05, 0.1) is 40.9 Å². The molecule has 0 aliphatic carbocycles. The Morgan fingerprint density at radius 1 is 0.800 bits per heavy atom. The summed E-state index contributed by atoms with van der Waals surface area (Å²) in [5, 5.41) is 27.8. The summed E-state index contributed by atoms with van der Waals surface area (Å²) in [6.07, 6.45) is 0. The van der Waals surface area contributed by atoms with Crippen molar-refractivity contribution in [3.05, 3.63) is 106 Å². The highest BCUT2D eigenvalue weighted by Crippen LogP contribution is 2.45. The maximum Gasteiger partial charge on any atom is 0.124 e. The summed E-state index contributed by atoms with van der Waals surface area (Å²) in [7, 11) is 0. The van der Waals surface area contributed by atoms with Gasteiger partial charge in [-0.05, 0) is 78.9 Å². The number of benzene rings is 3. The molecule has 0 bridgehead atoms. The Morgan fingerprint density at radius 3 is 2.03 bits per heavy atom. The van der Waals surface area contributed by atoms with Crippen molar-refractivity contribution in [2.45, 2.75) is 31.5 Å². The minimum Gasteiger partial charge on any atom is -0.292 e. The summed E-state index contributed by atoms with van der Waals surface area (Å²) in [6, 6.07) is 24.8. The highest BCUT2D eigenvalue weighted by atomic mass is 19.1. The molecule has 4 nitrogen and oxygen atoms in total. The molecule has 0 saturated carbocycles. The van der Waals surface area contributed by atoms with Crippen LogP contribution >= 0.6 is 0 Å². The zero-order valence-electron chi connectivity index (χ0n) is 19.5. The lowest BCUT2D eigenvalue weighted by atomic mass is 9.72. The molecule has 35 heavy (non-hydrogen) atoms. The number of hydrogen-bond donors (Lipinski definition) is 0. The van der Waals surface area contributed by atoms with Gasteiger partial charge in [0.1, 0.15) is 11.5 Å². The molecular weight excluding hydrogens is 442 g/mol. The number of nitriles is 3. The SMILES string of the molecule is CC(C)(F)[C@@H](c1cc(F)cc(C#N)c1)C1CN([C@H](c2ccc(C#N)cc2)c2cccc(C#N)c2)C1. The summed E-state index contributed by atoms with van der Waals surface area (Å²) in [5.41, 5.74) is 2.03. The van der Waals surface area contributed by atoms with Crippen molar-refractivity contribution in [3.63, 3.8) is 0 Å². The van der Waals surface area contributed by atoms with Crippen LogP contribution in [-0.4, -0.2) is 23.7 Å². The quantitative estimate of drug-likeness (QED) is 0.447. The Balaban J connectivity index is 1.67. The average Bonchev–Trinajstić information content (AvgIpc) is 2.81. The highest BCUT2D eigenvalue weighted by molar-refractivity contribution is 5.42. The van der Waals surface area contributed by atoms with Crippen LogP contribution in [0.5, 0.6) is 0 Å². The van der Waals surface area contributed by atoms with E-state index in [-0.39, 0.29) is 17.5 Å². The van der Waals surface area contributed by atoms with Crippen LogP contribution in [0.1, 0.15) is 59.2 Å². The molecule has 6 heteroatoms. The van der Waals surface area contributed by atoms with Gasteiger partial charge in [0.25, 0.3) is 0 Å². The van der Waals surface area contributed by atoms with Gasteiger partial charge >= 0.3 is 0 Å². The molecule has 2 atom stereocenters. The first-order valence-electron chi connectivity index (χ1n) is 11.4. The molecule has 4 rings (SSSR count). The van der Waals surface area contributed by atoms with Gasteiger partial charge in [-0.25, -0.2) is 8.78 Å². The van der Waals surface area contributed by atoms with E-state index < -0.39 is 17.4 Å². The number of halogens is 2. The third-order valence-corrected chi connectivity index (χ3v) is 6.61. The van der Waals surface area contributed by atoms with Crippen LogP contribution in [0.4, 0.5) is 8.78 Å². The van der Waals surface area contributed by atoms with E-state index in [0.29, 0.717) is 29.8 Å². The molecule has 0 radical (unpaired) electrons. The van der Waals surface area contributed by atoms with Crippen LogP contribution < -0.4 is 0 Å². The third-order valence-electron chi connectivity index (χ3n) is 6.61. The smallest absolute Gasteiger partial charge is 0.124 e. The number of rotatable bonds is 6. The molecule has 0 N–H and O–H groups in total. The van der Waals surface area contributed by atoms with E-state index >= 15 is 4.39 Å². The lowest BCUT2D eigenvalue weighted by molar-refractivity contribution is 0.00812. The van der Waals surface area contributed by atoms with E-state index in [0.717, 1.165) is 17.2 Å². The number of alkyl halides is 1. The predicted octanol–water partition coefficient (Wildman–Crippen LogP) is 5.99. The number of likely N-dealkylation sites (tertiary alicyclic amines) is 1. The van der Waals surface area contributed by atoms with Crippen LogP contribution in [0, 0.1) is 45.7 Å². The highest BCUT2D eigenvalue weighted by Gasteiger charge is 2.45. The van der Waals surface area contributed by atoms with Gasteiger partial charge in [0.15, 0.2) is 0 Å². The maximum atomic E-state index is 15.4. The lowest BCUT2D eigenvalue weighted by Gasteiger charge is -2.50. The van der Waals surface area contributed by atoms with Crippen LogP contribution in [0.3, 0.4) is 0 Å². The Bertz CT molecular complexity index is 1350. The maximum absolute atomic E-state index is 15.4.